The van der Waals surface area contributed by atoms with Gasteiger partial charge in [-0.1, -0.05) is 6.07 Å². The number of likely N-dealkylation sites (N-methyl/N-ethyl adjacent to an activating group) is 1. The lowest BCUT2D eigenvalue weighted by Crippen LogP contribution is -2.65. The molecule has 4 atom stereocenters. The summed E-state index contributed by atoms with van der Waals surface area (Å²) in [5.41, 5.74) is 2.26. The molecule has 4 heteroatoms. The van der Waals surface area contributed by atoms with E-state index in [1.807, 2.05) is 6.07 Å². The van der Waals surface area contributed by atoms with Crippen molar-refractivity contribution in [1.29, 1.82) is 0 Å². The minimum Gasteiger partial charge on any atom is -0.504 e. The maximum Gasteiger partial charge on any atom is 0.174 e. The van der Waals surface area contributed by atoms with E-state index in [1.54, 1.807) is 6.07 Å². The molecular weight excluding hydrogens is 266 g/mol. The highest BCUT2D eigenvalue weighted by molar-refractivity contribution is 5.89. The van der Waals surface area contributed by atoms with Crippen LogP contribution in [-0.4, -0.2) is 41.5 Å². The first-order valence-corrected chi connectivity index (χ1v) is 7.88. The number of Topliss-reactive ketones (excluding diaryl/α,β-unsaturated/α-hetero) is 1. The van der Waals surface area contributed by atoms with Gasteiger partial charge in [0, 0.05) is 23.4 Å². The molecule has 1 spiro atoms. The number of likely N-dealkylation sites (tertiary alicyclic amines) is 1. The molecule has 1 saturated carbocycles. The molecule has 110 valence electrons. The summed E-state index contributed by atoms with van der Waals surface area (Å²) in [5, 5.41) is 10.2. The summed E-state index contributed by atoms with van der Waals surface area (Å²) in [4.78, 5) is 14.9. The topological polar surface area (TPSA) is 49.8 Å². The molecule has 0 radical (unpaired) electrons. The fraction of sp³-hybridized carbons (Fsp3) is 0.588. The molecule has 4 nitrogen and oxygen atoms in total. The predicted molar refractivity (Wildman–Crippen MR) is 76.7 cm³/mol. The molecule has 2 fully saturated rings. The van der Waals surface area contributed by atoms with Crippen LogP contribution in [-0.2, 0) is 16.6 Å². The minimum absolute atomic E-state index is 0.172. The monoisotopic (exact) mass is 285 g/mol. The van der Waals surface area contributed by atoms with Gasteiger partial charge in [0.2, 0.25) is 0 Å². The van der Waals surface area contributed by atoms with E-state index in [9.17, 15) is 9.90 Å². The van der Waals surface area contributed by atoms with Gasteiger partial charge in [-0.2, -0.15) is 0 Å². The van der Waals surface area contributed by atoms with Gasteiger partial charge in [-0.05, 0) is 50.4 Å². The molecule has 4 unspecified atom stereocenters. The van der Waals surface area contributed by atoms with Crippen LogP contribution in [0.3, 0.4) is 0 Å². The lowest BCUT2D eigenvalue weighted by atomic mass is 9.52. The van der Waals surface area contributed by atoms with Gasteiger partial charge in [-0.15, -0.1) is 0 Å². The normalized spacial score (nSPS) is 39.9. The fourth-order valence-corrected chi connectivity index (χ4v) is 5.52. The zero-order chi connectivity index (χ0) is 14.4. The molecule has 0 amide bonds. The van der Waals surface area contributed by atoms with Crippen molar-refractivity contribution in [2.75, 3.05) is 13.6 Å². The Hall–Kier alpha value is -1.55. The van der Waals surface area contributed by atoms with Gasteiger partial charge in [-0.25, -0.2) is 0 Å². The third-order valence-corrected chi connectivity index (χ3v) is 6.39. The maximum atomic E-state index is 12.5. The number of aromatic hydroxyl groups is 1. The Labute approximate surface area is 123 Å². The van der Waals surface area contributed by atoms with Gasteiger partial charge < -0.3 is 14.7 Å². The molecule has 2 aliphatic heterocycles. The number of phenols is 1. The predicted octanol–water partition coefficient (Wildman–Crippen LogP) is 1.63. The zero-order valence-corrected chi connectivity index (χ0v) is 12.1. The van der Waals surface area contributed by atoms with Crippen LogP contribution in [0.1, 0.15) is 30.4 Å². The molecule has 0 aromatic heterocycles. The molecule has 1 saturated heterocycles. The van der Waals surface area contributed by atoms with Crippen LogP contribution >= 0.6 is 0 Å². The first-order chi connectivity index (χ1) is 10.1. The van der Waals surface area contributed by atoms with Crippen molar-refractivity contribution in [3.8, 4) is 11.5 Å². The van der Waals surface area contributed by atoms with E-state index < -0.39 is 0 Å². The summed E-state index contributed by atoms with van der Waals surface area (Å²) < 4.78 is 6.04. The Bertz CT molecular complexity index is 670. The van der Waals surface area contributed by atoms with E-state index in [1.165, 1.54) is 5.56 Å². The number of carbonyl (C=O) groups excluding carboxylic acids is 1. The van der Waals surface area contributed by atoms with Crippen LogP contribution in [0.5, 0.6) is 11.5 Å². The second-order valence-electron chi connectivity index (χ2n) is 7.10. The standard InChI is InChI=1S/C17H19NO3/c1-18-7-6-17-10-3-5-13(20)16(17)21-15-12(19)4-2-9(14(15)17)8-11(10)18/h2,4,10-11,16,19H,3,5-8H2,1H3. The molecule has 4 aliphatic rings. The number of nitrogens with zero attached hydrogens (tertiary/aromatic N) is 1. The number of phenolic OH excluding ortho intramolecular Hbond substituents is 1. The van der Waals surface area contributed by atoms with Crippen molar-refractivity contribution in [3.63, 3.8) is 0 Å². The summed E-state index contributed by atoms with van der Waals surface area (Å²) in [5.74, 6) is 1.50. The van der Waals surface area contributed by atoms with E-state index in [-0.39, 0.29) is 23.1 Å². The Kier molecular flexibility index (Phi) is 2.07. The Balaban J connectivity index is 1.83. The maximum absolute atomic E-state index is 12.5. The van der Waals surface area contributed by atoms with E-state index in [4.69, 9.17) is 4.74 Å². The van der Waals surface area contributed by atoms with E-state index >= 15 is 0 Å². The van der Waals surface area contributed by atoms with E-state index in [2.05, 4.69) is 11.9 Å². The average Bonchev–Trinajstić information content (AvgIpc) is 2.83. The quantitative estimate of drug-likeness (QED) is 0.787. The number of carbonyl (C=O) groups is 1. The van der Waals surface area contributed by atoms with Crippen molar-refractivity contribution < 1.29 is 14.6 Å². The van der Waals surface area contributed by atoms with Crippen LogP contribution in [0.25, 0.3) is 0 Å². The highest BCUT2D eigenvalue weighted by Gasteiger charge is 2.65. The highest BCUT2D eigenvalue weighted by Crippen LogP contribution is 2.62. The number of hydrogen-bond donors (Lipinski definition) is 1. The van der Waals surface area contributed by atoms with Crippen molar-refractivity contribution in [2.45, 2.75) is 43.2 Å². The fourth-order valence-electron chi connectivity index (χ4n) is 5.52. The molecule has 5 rings (SSSR count). The van der Waals surface area contributed by atoms with Gasteiger partial charge in [0.25, 0.3) is 0 Å². The average molecular weight is 285 g/mol. The zero-order valence-electron chi connectivity index (χ0n) is 12.1. The van der Waals surface area contributed by atoms with Crippen molar-refractivity contribution in [2.24, 2.45) is 5.92 Å². The van der Waals surface area contributed by atoms with Gasteiger partial charge in [0.05, 0.1) is 0 Å². The molecule has 2 aliphatic carbocycles. The molecule has 1 aromatic rings. The second kappa shape index (κ2) is 3.61. The third kappa shape index (κ3) is 1.20. The van der Waals surface area contributed by atoms with Gasteiger partial charge >= 0.3 is 0 Å². The first-order valence-electron chi connectivity index (χ1n) is 7.88. The Morgan fingerprint density at radius 2 is 2.29 bits per heavy atom. The summed E-state index contributed by atoms with van der Waals surface area (Å²) in [6.45, 7) is 1.00. The molecule has 2 bridgehead atoms. The lowest BCUT2D eigenvalue weighted by molar-refractivity contribution is -0.138. The van der Waals surface area contributed by atoms with Gasteiger partial charge in [0.1, 0.15) is 0 Å². The summed E-state index contributed by atoms with van der Waals surface area (Å²) in [7, 11) is 2.20. The number of ketones is 1. The van der Waals surface area contributed by atoms with Crippen molar-refractivity contribution >= 4 is 5.78 Å². The number of piperidine rings is 1. The molecule has 1 N–H and O–H groups in total. The largest absolute Gasteiger partial charge is 0.504 e. The van der Waals surface area contributed by atoms with Crippen LogP contribution in [0.4, 0.5) is 0 Å². The summed E-state index contributed by atoms with van der Waals surface area (Å²) in [6, 6.07) is 4.26. The van der Waals surface area contributed by atoms with Crippen LogP contribution < -0.4 is 4.74 Å². The summed E-state index contributed by atoms with van der Waals surface area (Å²) in [6.07, 6.45) is 3.18. The number of benzene rings is 1. The number of rotatable bonds is 0. The van der Waals surface area contributed by atoms with Gasteiger partial charge in [0.15, 0.2) is 23.4 Å². The lowest BCUT2D eigenvalue weighted by Gasteiger charge is -2.57. The molecule has 2 heterocycles. The second-order valence-corrected chi connectivity index (χ2v) is 7.10. The molecule has 1 aromatic carbocycles. The van der Waals surface area contributed by atoms with Crippen LogP contribution in [0.15, 0.2) is 12.1 Å². The van der Waals surface area contributed by atoms with Gasteiger partial charge in [-0.3, -0.25) is 4.79 Å². The first kappa shape index (κ1) is 12.0. The van der Waals surface area contributed by atoms with E-state index in [0.717, 1.165) is 31.4 Å². The minimum atomic E-state index is -0.366. The Morgan fingerprint density at radius 3 is 3.14 bits per heavy atom. The number of ether oxygens (including phenoxy) is 1. The SMILES string of the molecule is CN1CCC23c4c5ccc(O)c4OC2C(=O)CCC3C1C5. The smallest absolute Gasteiger partial charge is 0.174 e. The van der Waals surface area contributed by atoms with Crippen molar-refractivity contribution in [3.05, 3.63) is 23.3 Å². The van der Waals surface area contributed by atoms with Crippen LogP contribution in [0.2, 0.25) is 0 Å². The Morgan fingerprint density at radius 1 is 1.43 bits per heavy atom. The van der Waals surface area contributed by atoms with E-state index in [0.29, 0.717) is 24.1 Å². The van der Waals surface area contributed by atoms with Crippen molar-refractivity contribution in [1.82, 2.24) is 4.90 Å². The highest BCUT2D eigenvalue weighted by atomic mass is 16.5. The molecular formula is C17H19NO3. The summed E-state index contributed by atoms with van der Waals surface area (Å²) >= 11 is 0. The van der Waals surface area contributed by atoms with Crippen LogP contribution in [0, 0.1) is 5.92 Å². The molecule has 21 heavy (non-hydrogen) atoms. The third-order valence-electron chi connectivity index (χ3n) is 6.39. The number of hydrogen-bond acceptors (Lipinski definition) is 4.